The number of benzene rings is 2. The Kier molecular flexibility index (Phi) is 3.55. The molecule has 0 aliphatic rings. The third kappa shape index (κ3) is 2.94. The van der Waals surface area contributed by atoms with Crippen LogP contribution in [0.2, 0.25) is 0 Å². The van der Waals surface area contributed by atoms with Gasteiger partial charge in [0, 0.05) is 12.1 Å². The van der Waals surface area contributed by atoms with Crippen LogP contribution in [0.4, 0.5) is 5.69 Å². The summed E-state index contributed by atoms with van der Waals surface area (Å²) in [4.78, 5) is 11.2. The zero-order valence-corrected chi connectivity index (χ0v) is 9.81. The molecular weight excluding hydrogens is 210 g/mol. The van der Waals surface area contributed by atoms with Crippen molar-refractivity contribution in [1.82, 2.24) is 0 Å². The molecule has 2 heteroatoms. The monoisotopic (exact) mass is 225 g/mol. The van der Waals surface area contributed by atoms with Gasteiger partial charge in [-0.05, 0) is 23.3 Å². The van der Waals surface area contributed by atoms with E-state index in [0.29, 0.717) is 6.42 Å². The van der Waals surface area contributed by atoms with Gasteiger partial charge in [0.2, 0.25) is 5.91 Å². The molecule has 0 spiro atoms. The summed E-state index contributed by atoms with van der Waals surface area (Å²) in [7, 11) is 0. The molecule has 2 aromatic carbocycles. The van der Waals surface area contributed by atoms with Crippen LogP contribution >= 0.6 is 0 Å². The minimum absolute atomic E-state index is 0.0393. The van der Waals surface area contributed by atoms with Crippen LogP contribution in [0.15, 0.2) is 54.6 Å². The standard InChI is InChI=1S/C15H15NO/c1-2-15(17)16-14-10-8-13(9-11-14)12-6-4-3-5-7-12/h3-11H,2H2,1H3,(H,16,17). The molecule has 0 saturated heterocycles. The summed E-state index contributed by atoms with van der Waals surface area (Å²) in [5.74, 6) is 0.0393. The lowest BCUT2D eigenvalue weighted by atomic mass is 10.1. The minimum atomic E-state index is 0.0393. The fourth-order valence-corrected chi connectivity index (χ4v) is 1.63. The Balaban J connectivity index is 2.16. The first-order valence-corrected chi connectivity index (χ1v) is 5.75. The lowest BCUT2D eigenvalue weighted by molar-refractivity contribution is -0.115. The zero-order valence-electron chi connectivity index (χ0n) is 9.81. The van der Waals surface area contributed by atoms with Gasteiger partial charge in [0.25, 0.3) is 0 Å². The second-order valence-electron chi connectivity index (χ2n) is 3.85. The van der Waals surface area contributed by atoms with Crippen LogP contribution in [0.3, 0.4) is 0 Å². The molecule has 2 nitrogen and oxygen atoms in total. The van der Waals surface area contributed by atoms with E-state index in [0.717, 1.165) is 11.3 Å². The van der Waals surface area contributed by atoms with Gasteiger partial charge in [-0.2, -0.15) is 0 Å². The molecule has 17 heavy (non-hydrogen) atoms. The normalized spacial score (nSPS) is 9.94. The SMILES string of the molecule is CCC(=O)Nc1ccc(-c2ccccc2)cc1. The first kappa shape index (κ1) is 11.4. The summed E-state index contributed by atoms with van der Waals surface area (Å²) in [5.41, 5.74) is 3.18. The summed E-state index contributed by atoms with van der Waals surface area (Å²) in [6.45, 7) is 1.84. The molecule has 0 unspecified atom stereocenters. The van der Waals surface area contributed by atoms with Crippen molar-refractivity contribution in [2.24, 2.45) is 0 Å². The quantitative estimate of drug-likeness (QED) is 0.847. The molecule has 1 N–H and O–H groups in total. The fraction of sp³-hybridized carbons (Fsp3) is 0.133. The number of anilines is 1. The molecule has 0 atom stereocenters. The number of carbonyl (C=O) groups excluding carboxylic acids is 1. The molecule has 0 aliphatic carbocycles. The second kappa shape index (κ2) is 5.30. The molecule has 86 valence electrons. The maximum absolute atomic E-state index is 11.2. The van der Waals surface area contributed by atoms with E-state index in [9.17, 15) is 4.79 Å². The van der Waals surface area contributed by atoms with Gasteiger partial charge < -0.3 is 5.32 Å². The van der Waals surface area contributed by atoms with Gasteiger partial charge in [-0.15, -0.1) is 0 Å². The third-order valence-corrected chi connectivity index (χ3v) is 2.60. The lowest BCUT2D eigenvalue weighted by Crippen LogP contribution is -2.08. The van der Waals surface area contributed by atoms with Crippen LogP contribution in [0.25, 0.3) is 11.1 Å². The van der Waals surface area contributed by atoms with Crippen molar-refractivity contribution in [1.29, 1.82) is 0 Å². The zero-order chi connectivity index (χ0) is 12.1. The van der Waals surface area contributed by atoms with E-state index >= 15 is 0 Å². The maximum atomic E-state index is 11.2. The Hall–Kier alpha value is -2.09. The average Bonchev–Trinajstić information content (AvgIpc) is 2.40. The van der Waals surface area contributed by atoms with Gasteiger partial charge in [0.15, 0.2) is 0 Å². The van der Waals surface area contributed by atoms with E-state index in [-0.39, 0.29) is 5.91 Å². The van der Waals surface area contributed by atoms with Gasteiger partial charge in [0.05, 0.1) is 0 Å². The largest absolute Gasteiger partial charge is 0.326 e. The Bertz CT molecular complexity index is 488. The lowest BCUT2D eigenvalue weighted by Gasteiger charge is -2.05. The highest BCUT2D eigenvalue weighted by Crippen LogP contribution is 2.20. The van der Waals surface area contributed by atoms with Crippen molar-refractivity contribution < 1.29 is 4.79 Å². The Morgan fingerprint density at radius 1 is 0.941 bits per heavy atom. The van der Waals surface area contributed by atoms with Crippen LogP contribution in [0, 0.1) is 0 Å². The molecular formula is C15H15NO. The van der Waals surface area contributed by atoms with Gasteiger partial charge >= 0.3 is 0 Å². The van der Waals surface area contributed by atoms with E-state index in [1.165, 1.54) is 5.56 Å². The smallest absolute Gasteiger partial charge is 0.224 e. The maximum Gasteiger partial charge on any atom is 0.224 e. The number of hydrogen-bond acceptors (Lipinski definition) is 1. The number of rotatable bonds is 3. The first-order chi connectivity index (χ1) is 8.29. The number of nitrogens with one attached hydrogen (secondary N) is 1. The highest BCUT2D eigenvalue weighted by molar-refractivity contribution is 5.90. The van der Waals surface area contributed by atoms with Gasteiger partial charge in [-0.1, -0.05) is 49.4 Å². The number of hydrogen-bond donors (Lipinski definition) is 1. The molecule has 2 rings (SSSR count). The summed E-state index contributed by atoms with van der Waals surface area (Å²) < 4.78 is 0. The summed E-state index contributed by atoms with van der Waals surface area (Å²) in [6.07, 6.45) is 0.500. The highest BCUT2D eigenvalue weighted by atomic mass is 16.1. The Morgan fingerprint density at radius 3 is 2.12 bits per heavy atom. The Labute approximate surface area is 101 Å². The fourth-order valence-electron chi connectivity index (χ4n) is 1.63. The number of carbonyl (C=O) groups is 1. The highest BCUT2D eigenvalue weighted by Gasteiger charge is 2.00. The molecule has 0 bridgehead atoms. The molecule has 2 aromatic rings. The van der Waals surface area contributed by atoms with E-state index in [1.54, 1.807) is 0 Å². The first-order valence-electron chi connectivity index (χ1n) is 5.75. The van der Waals surface area contributed by atoms with E-state index < -0.39 is 0 Å². The van der Waals surface area contributed by atoms with Crippen molar-refractivity contribution in [2.75, 3.05) is 5.32 Å². The average molecular weight is 225 g/mol. The topological polar surface area (TPSA) is 29.1 Å². The molecule has 0 fully saturated rings. The molecule has 0 radical (unpaired) electrons. The van der Waals surface area contributed by atoms with Crippen LogP contribution in [0.5, 0.6) is 0 Å². The second-order valence-corrected chi connectivity index (χ2v) is 3.85. The molecule has 0 heterocycles. The van der Waals surface area contributed by atoms with Crippen LogP contribution in [-0.4, -0.2) is 5.91 Å². The van der Waals surface area contributed by atoms with Gasteiger partial charge in [-0.25, -0.2) is 0 Å². The van der Waals surface area contributed by atoms with Crippen LogP contribution < -0.4 is 5.32 Å². The van der Waals surface area contributed by atoms with E-state index in [4.69, 9.17) is 0 Å². The summed E-state index contributed by atoms with van der Waals surface area (Å²) in [6, 6.07) is 18.1. The van der Waals surface area contributed by atoms with Crippen molar-refractivity contribution in [3.63, 3.8) is 0 Å². The number of amides is 1. The summed E-state index contributed by atoms with van der Waals surface area (Å²) in [5, 5.41) is 2.83. The molecule has 0 saturated carbocycles. The van der Waals surface area contributed by atoms with Crippen molar-refractivity contribution in [3.8, 4) is 11.1 Å². The van der Waals surface area contributed by atoms with Crippen LogP contribution in [0.1, 0.15) is 13.3 Å². The predicted octanol–water partition coefficient (Wildman–Crippen LogP) is 3.70. The molecule has 1 amide bonds. The van der Waals surface area contributed by atoms with Crippen molar-refractivity contribution >= 4 is 11.6 Å². The minimum Gasteiger partial charge on any atom is -0.326 e. The van der Waals surface area contributed by atoms with Gasteiger partial charge in [0.1, 0.15) is 0 Å². The third-order valence-electron chi connectivity index (χ3n) is 2.60. The van der Waals surface area contributed by atoms with Crippen LogP contribution in [-0.2, 0) is 4.79 Å². The van der Waals surface area contributed by atoms with Crippen molar-refractivity contribution in [2.45, 2.75) is 13.3 Å². The van der Waals surface area contributed by atoms with E-state index in [2.05, 4.69) is 17.4 Å². The van der Waals surface area contributed by atoms with Gasteiger partial charge in [-0.3, -0.25) is 4.79 Å². The van der Waals surface area contributed by atoms with E-state index in [1.807, 2.05) is 49.4 Å². The molecule has 0 aromatic heterocycles. The summed E-state index contributed by atoms with van der Waals surface area (Å²) >= 11 is 0. The Morgan fingerprint density at radius 2 is 1.53 bits per heavy atom. The predicted molar refractivity (Wildman–Crippen MR) is 70.8 cm³/mol. The molecule has 0 aliphatic heterocycles. The van der Waals surface area contributed by atoms with Crippen molar-refractivity contribution in [3.05, 3.63) is 54.6 Å².